The Labute approximate surface area is 91.3 Å². The standard InChI is InChI=1S/C12H19N3/c1-10-3-5-11(6-4-10)9-15-12-13-7-2-8-14-12/h2,7-8,10-11H,3-6,9H2,1H3,(H,13,14,15). The van der Waals surface area contributed by atoms with E-state index in [9.17, 15) is 0 Å². The molecule has 0 saturated heterocycles. The average molecular weight is 205 g/mol. The van der Waals surface area contributed by atoms with E-state index in [2.05, 4.69) is 22.2 Å². The molecule has 1 N–H and O–H groups in total. The molecule has 1 aliphatic carbocycles. The van der Waals surface area contributed by atoms with Crippen LogP contribution in [0.15, 0.2) is 18.5 Å². The molecular formula is C12H19N3. The summed E-state index contributed by atoms with van der Waals surface area (Å²) in [7, 11) is 0. The lowest BCUT2D eigenvalue weighted by molar-refractivity contribution is 0.300. The van der Waals surface area contributed by atoms with Crippen LogP contribution in [-0.2, 0) is 0 Å². The molecule has 2 rings (SSSR count). The molecule has 0 aromatic carbocycles. The normalized spacial score (nSPS) is 26.2. The van der Waals surface area contributed by atoms with Gasteiger partial charge in [-0.1, -0.05) is 19.8 Å². The van der Waals surface area contributed by atoms with E-state index in [4.69, 9.17) is 0 Å². The Balaban J connectivity index is 1.74. The van der Waals surface area contributed by atoms with Crippen molar-refractivity contribution >= 4 is 5.95 Å². The molecule has 1 aliphatic rings. The average Bonchev–Trinajstić information content (AvgIpc) is 2.30. The minimum atomic E-state index is 0.760. The van der Waals surface area contributed by atoms with Gasteiger partial charge in [-0.25, -0.2) is 9.97 Å². The molecule has 0 unspecified atom stereocenters. The molecule has 3 nitrogen and oxygen atoms in total. The van der Waals surface area contributed by atoms with Crippen LogP contribution in [0.1, 0.15) is 32.6 Å². The highest BCUT2D eigenvalue weighted by Gasteiger charge is 2.17. The van der Waals surface area contributed by atoms with Gasteiger partial charge < -0.3 is 5.32 Å². The lowest BCUT2D eigenvalue weighted by Gasteiger charge is -2.26. The molecule has 1 aromatic heterocycles. The quantitative estimate of drug-likeness (QED) is 0.824. The van der Waals surface area contributed by atoms with E-state index in [0.717, 1.165) is 24.3 Å². The summed E-state index contributed by atoms with van der Waals surface area (Å²) in [6, 6.07) is 1.84. The highest BCUT2D eigenvalue weighted by Crippen LogP contribution is 2.28. The lowest BCUT2D eigenvalue weighted by atomic mass is 9.83. The van der Waals surface area contributed by atoms with Crippen LogP contribution in [0, 0.1) is 11.8 Å². The van der Waals surface area contributed by atoms with Crippen LogP contribution < -0.4 is 5.32 Å². The van der Waals surface area contributed by atoms with Crippen LogP contribution in [0.25, 0.3) is 0 Å². The van der Waals surface area contributed by atoms with E-state index < -0.39 is 0 Å². The van der Waals surface area contributed by atoms with E-state index in [0.29, 0.717) is 0 Å². The molecule has 3 heteroatoms. The van der Waals surface area contributed by atoms with E-state index in [1.165, 1.54) is 25.7 Å². The fourth-order valence-corrected chi connectivity index (χ4v) is 2.16. The molecule has 0 aliphatic heterocycles. The Hall–Kier alpha value is -1.12. The number of anilines is 1. The van der Waals surface area contributed by atoms with Crippen LogP contribution >= 0.6 is 0 Å². The van der Waals surface area contributed by atoms with E-state index in [1.54, 1.807) is 12.4 Å². The molecule has 82 valence electrons. The second-order valence-electron chi connectivity index (χ2n) is 4.58. The third-order valence-electron chi connectivity index (χ3n) is 3.25. The van der Waals surface area contributed by atoms with Gasteiger partial charge in [-0.2, -0.15) is 0 Å². The molecule has 1 fully saturated rings. The van der Waals surface area contributed by atoms with Crippen molar-refractivity contribution in [3.05, 3.63) is 18.5 Å². The smallest absolute Gasteiger partial charge is 0.222 e. The summed E-state index contributed by atoms with van der Waals surface area (Å²) in [4.78, 5) is 8.31. The number of hydrogen-bond donors (Lipinski definition) is 1. The molecule has 0 bridgehead atoms. The van der Waals surface area contributed by atoms with Crippen molar-refractivity contribution in [3.63, 3.8) is 0 Å². The minimum Gasteiger partial charge on any atom is -0.354 e. The largest absolute Gasteiger partial charge is 0.354 e. The zero-order valence-electron chi connectivity index (χ0n) is 9.32. The van der Waals surface area contributed by atoms with Gasteiger partial charge in [0, 0.05) is 18.9 Å². The van der Waals surface area contributed by atoms with Crippen LogP contribution in [0.4, 0.5) is 5.95 Å². The van der Waals surface area contributed by atoms with Crippen molar-refractivity contribution in [2.24, 2.45) is 11.8 Å². The predicted molar refractivity (Wildman–Crippen MR) is 61.6 cm³/mol. The third kappa shape index (κ3) is 3.18. The monoisotopic (exact) mass is 205 g/mol. The van der Waals surface area contributed by atoms with Gasteiger partial charge in [0.2, 0.25) is 5.95 Å². The molecular weight excluding hydrogens is 186 g/mol. The van der Waals surface area contributed by atoms with Crippen LogP contribution in [-0.4, -0.2) is 16.5 Å². The van der Waals surface area contributed by atoms with E-state index in [-0.39, 0.29) is 0 Å². The van der Waals surface area contributed by atoms with Crippen LogP contribution in [0.5, 0.6) is 0 Å². The van der Waals surface area contributed by atoms with Crippen molar-refractivity contribution in [3.8, 4) is 0 Å². The highest BCUT2D eigenvalue weighted by atomic mass is 15.1. The Morgan fingerprint density at radius 1 is 1.20 bits per heavy atom. The first-order valence-electron chi connectivity index (χ1n) is 5.85. The topological polar surface area (TPSA) is 37.8 Å². The maximum absolute atomic E-state index is 4.16. The van der Waals surface area contributed by atoms with Gasteiger partial charge in [0.05, 0.1) is 0 Å². The highest BCUT2D eigenvalue weighted by molar-refractivity contribution is 5.21. The third-order valence-corrected chi connectivity index (χ3v) is 3.25. The maximum Gasteiger partial charge on any atom is 0.222 e. The zero-order valence-corrected chi connectivity index (χ0v) is 9.32. The van der Waals surface area contributed by atoms with Crippen molar-refractivity contribution in [2.45, 2.75) is 32.6 Å². The summed E-state index contributed by atoms with van der Waals surface area (Å²) in [5.41, 5.74) is 0. The van der Waals surface area contributed by atoms with Crippen molar-refractivity contribution in [1.29, 1.82) is 0 Å². The first-order valence-corrected chi connectivity index (χ1v) is 5.85. The number of rotatable bonds is 3. The molecule has 0 amide bonds. The number of aromatic nitrogens is 2. The van der Waals surface area contributed by atoms with E-state index >= 15 is 0 Å². The fourth-order valence-electron chi connectivity index (χ4n) is 2.16. The second kappa shape index (κ2) is 5.10. The van der Waals surface area contributed by atoms with E-state index in [1.807, 2.05) is 6.07 Å². The Kier molecular flexibility index (Phi) is 3.54. The molecule has 0 spiro atoms. The molecule has 1 aromatic rings. The Bertz CT molecular complexity index is 278. The fraction of sp³-hybridized carbons (Fsp3) is 0.667. The van der Waals surface area contributed by atoms with Gasteiger partial charge in [0.25, 0.3) is 0 Å². The number of nitrogens with one attached hydrogen (secondary N) is 1. The summed E-state index contributed by atoms with van der Waals surface area (Å²) in [6.45, 7) is 3.38. The number of nitrogens with zero attached hydrogens (tertiary/aromatic N) is 2. The van der Waals surface area contributed by atoms with Gasteiger partial charge in [0.1, 0.15) is 0 Å². The van der Waals surface area contributed by atoms with Crippen molar-refractivity contribution in [2.75, 3.05) is 11.9 Å². The lowest BCUT2D eigenvalue weighted by Crippen LogP contribution is -2.20. The molecule has 1 saturated carbocycles. The first-order chi connectivity index (χ1) is 7.34. The van der Waals surface area contributed by atoms with Crippen LogP contribution in [0.2, 0.25) is 0 Å². The molecule has 0 radical (unpaired) electrons. The molecule has 0 atom stereocenters. The Morgan fingerprint density at radius 2 is 1.87 bits per heavy atom. The first kappa shape index (κ1) is 10.4. The summed E-state index contributed by atoms with van der Waals surface area (Å²) < 4.78 is 0. The van der Waals surface area contributed by atoms with Crippen molar-refractivity contribution < 1.29 is 0 Å². The van der Waals surface area contributed by atoms with Gasteiger partial charge in [-0.05, 0) is 30.7 Å². The second-order valence-corrected chi connectivity index (χ2v) is 4.58. The number of hydrogen-bond acceptors (Lipinski definition) is 3. The predicted octanol–water partition coefficient (Wildman–Crippen LogP) is 2.71. The SMILES string of the molecule is CC1CCC(CNc2ncccn2)CC1. The summed E-state index contributed by atoms with van der Waals surface area (Å²) in [5.74, 6) is 2.50. The summed E-state index contributed by atoms with van der Waals surface area (Å²) >= 11 is 0. The van der Waals surface area contributed by atoms with Gasteiger partial charge in [0.15, 0.2) is 0 Å². The minimum absolute atomic E-state index is 0.760. The van der Waals surface area contributed by atoms with Gasteiger partial charge in [-0.3, -0.25) is 0 Å². The zero-order chi connectivity index (χ0) is 10.5. The van der Waals surface area contributed by atoms with Crippen LogP contribution in [0.3, 0.4) is 0 Å². The Morgan fingerprint density at radius 3 is 2.53 bits per heavy atom. The van der Waals surface area contributed by atoms with Crippen molar-refractivity contribution in [1.82, 2.24) is 9.97 Å². The molecule has 1 heterocycles. The van der Waals surface area contributed by atoms with Gasteiger partial charge in [-0.15, -0.1) is 0 Å². The molecule has 15 heavy (non-hydrogen) atoms. The summed E-state index contributed by atoms with van der Waals surface area (Å²) in [5, 5.41) is 3.31. The van der Waals surface area contributed by atoms with Gasteiger partial charge >= 0.3 is 0 Å². The summed E-state index contributed by atoms with van der Waals surface area (Å²) in [6.07, 6.45) is 9.00. The maximum atomic E-state index is 4.16.